The molecule has 0 aromatic heterocycles. The van der Waals surface area contributed by atoms with E-state index in [1.807, 2.05) is 0 Å². The molecule has 3 rings (SSSR count). The number of rotatable bonds is 6. The van der Waals surface area contributed by atoms with E-state index in [2.05, 4.69) is 29.6 Å². The molecule has 0 aliphatic heterocycles. The molecular formula is C17H24N2O3S. The SMILES string of the molecule is CN(C)S(=O)(=O)CCC(=O)NCC1CC12CCc1ccccc12. The van der Waals surface area contributed by atoms with Gasteiger partial charge < -0.3 is 5.32 Å². The summed E-state index contributed by atoms with van der Waals surface area (Å²) in [5.74, 6) is 0.175. The van der Waals surface area contributed by atoms with Crippen molar-refractivity contribution in [2.75, 3.05) is 26.4 Å². The number of fused-ring (bicyclic) bond motifs is 2. The van der Waals surface area contributed by atoms with Crippen molar-refractivity contribution in [1.82, 2.24) is 9.62 Å². The van der Waals surface area contributed by atoms with Gasteiger partial charge in [-0.2, -0.15) is 0 Å². The van der Waals surface area contributed by atoms with E-state index >= 15 is 0 Å². The van der Waals surface area contributed by atoms with Gasteiger partial charge in [0.15, 0.2) is 0 Å². The molecule has 0 saturated heterocycles. The fraction of sp³-hybridized carbons (Fsp3) is 0.588. The van der Waals surface area contributed by atoms with Crippen molar-refractivity contribution in [2.45, 2.75) is 31.1 Å². The third-order valence-electron chi connectivity index (χ3n) is 5.32. The zero-order chi connectivity index (χ0) is 16.7. The minimum Gasteiger partial charge on any atom is -0.356 e. The molecule has 23 heavy (non-hydrogen) atoms. The Hall–Kier alpha value is -1.40. The Labute approximate surface area is 138 Å². The lowest BCUT2D eigenvalue weighted by molar-refractivity contribution is -0.120. The van der Waals surface area contributed by atoms with Gasteiger partial charge in [0.2, 0.25) is 15.9 Å². The first kappa shape index (κ1) is 16.5. The largest absolute Gasteiger partial charge is 0.356 e. The first-order valence-corrected chi connectivity index (χ1v) is 9.71. The second-order valence-electron chi connectivity index (χ2n) is 6.87. The van der Waals surface area contributed by atoms with Gasteiger partial charge in [0, 0.05) is 32.5 Å². The minimum atomic E-state index is -3.31. The Morgan fingerprint density at radius 3 is 2.83 bits per heavy atom. The summed E-state index contributed by atoms with van der Waals surface area (Å²) >= 11 is 0. The molecule has 2 aliphatic carbocycles. The molecule has 126 valence electrons. The van der Waals surface area contributed by atoms with Crippen molar-refractivity contribution < 1.29 is 13.2 Å². The number of nitrogens with one attached hydrogen (secondary N) is 1. The van der Waals surface area contributed by atoms with Crippen LogP contribution in [0, 0.1) is 5.92 Å². The number of benzene rings is 1. The second kappa shape index (κ2) is 5.91. The van der Waals surface area contributed by atoms with Crippen LogP contribution in [0.15, 0.2) is 24.3 Å². The van der Waals surface area contributed by atoms with Crippen molar-refractivity contribution in [2.24, 2.45) is 5.92 Å². The van der Waals surface area contributed by atoms with Crippen LogP contribution in [0.4, 0.5) is 0 Å². The number of hydrogen-bond donors (Lipinski definition) is 1. The molecule has 1 aromatic carbocycles. The molecule has 5 nitrogen and oxygen atoms in total. The standard InChI is InChI=1S/C17H24N2O3S/c1-19(2)23(21,22)10-8-16(20)18-12-14-11-17(14)9-7-13-5-3-4-6-15(13)17/h3-6,14H,7-12H2,1-2H3,(H,18,20). The van der Waals surface area contributed by atoms with Crippen LogP contribution >= 0.6 is 0 Å². The molecule has 1 spiro atoms. The number of nitrogens with zero attached hydrogens (tertiary/aromatic N) is 1. The van der Waals surface area contributed by atoms with Crippen molar-refractivity contribution in [3.8, 4) is 0 Å². The molecule has 2 aliphatic rings. The summed E-state index contributed by atoms with van der Waals surface area (Å²) in [5, 5.41) is 2.92. The van der Waals surface area contributed by atoms with E-state index in [0.29, 0.717) is 12.5 Å². The predicted molar refractivity (Wildman–Crippen MR) is 89.6 cm³/mol. The van der Waals surface area contributed by atoms with Crippen LogP contribution in [0.3, 0.4) is 0 Å². The van der Waals surface area contributed by atoms with E-state index in [-0.39, 0.29) is 23.5 Å². The summed E-state index contributed by atoms with van der Waals surface area (Å²) in [6.45, 7) is 0.648. The van der Waals surface area contributed by atoms with Crippen LogP contribution in [0.1, 0.15) is 30.4 Å². The molecule has 6 heteroatoms. The zero-order valence-electron chi connectivity index (χ0n) is 13.7. The normalized spacial score (nSPS) is 25.6. The van der Waals surface area contributed by atoms with Gasteiger partial charge in [0.1, 0.15) is 0 Å². The number of hydrogen-bond acceptors (Lipinski definition) is 3. The van der Waals surface area contributed by atoms with E-state index < -0.39 is 10.0 Å². The van der Waals surface area contributed by atoms with E-state index in [1.165, 1.54) is 31.6 Å². The summed E-state index contributed by atoms with van der Waals surface area (Å²) in [7, 11) is -0.336. The zero-order valence-corrected chi connectivity index (χ0v) is 14.5. The molecule has 0 radical (unpaired) electrons. The van der Waals surface area contributed by atoms with Gasteiger partial charge in [-0.3, -0.25) is 4.79 Å². The smallest absolute Gasteiger partial charge is 0.221 e. The summed E-state index contributed by atoms with van der Waals surface area (Å²) in [6, 6.07) is 8.59. The maximum absolute atomic E-state index is 11.9. The quantitative estimate of drug-likeness (QED) is 0.851. The van der Waals surface area contributed by atoms with Crippen LogP contribution in [-0.4, -0.2) is 45.0 Å². The molecule has 1 saturated carbocycles. The third kappa shape index (κ3) is 3.15. The third-order valence-corrected chi connectivity index (χ3v) is 7.15. The van der Waals surface area contributed by atoms with Crippen LogP contribution in [-0.2, 0) is 26.7 Å². The van der Waals surface area contributed by atoms with Crippen molar-refractivity contribution >= 4 is 15.9 Å². The second-order valence-corrected chi connectivity index (χ2v) is 9.17. The highest BCUT2D eigenvalue weighted by Gasteiger charge is 2.57. The van der Waals surface area contributed by atoms with Crippen molar-refractivity contribution in [3.05, 3.63) is 35.4 Å². The van der Waals surface area contributed by atoms with Crippen LogP contribution < -0.4 is 5.32 Å². The molecule has 1 aromatic rings. The van der Waals surface area contributed by atoms with Gasteiger partial charge in [-0.15, -0.1) is 0 Å². The Morgan fingerprint density at radius 2 is 2.09 bits per heavy atom. The summed E-state index contributed by atoms with van der Waals surface area (Å²) < 4.78 is 24.5. The molecule has 1 amide bonds. The van der Waals surface area contributed by atoms with Gasteiger partial charge in [-0.1, -0.05) is 24.3 Å². The molecule has 1 fully saturated rings. The monoisotopic (exact) mass is 336 g/mol. The number of aryl methyl sites for hydroxylation is 1. The van der Waals surface area contributed by atoms with Crippen molar-refractivity contribution in [3.63, 3.8) is 0 Å². The number of carbonyl (C=O) groups excluding carboxylic acids is 1. The highest BCUT2D eigenvalue weighted by Crippen LogP contribution is 2.61. The van der Waals surface area contributed by atoms with Gasteiger partial charge >= 0.3 is 0 Å². The fourth-order valence-electron chi connectivity index (χ4n) is 3.73. The lowest BCUT2D eigenvalue weighted by Gasteiger charge is -2.13. The number of amides is 1. The Bertz CT molecular complexity index is 714. The van der Waals surface area contributed by atoms with Gasteiger partial charge in [0.25, 0.3) is 0 Å². The average molecular weight is 336 g/mol. The van der Waals surface area contributed by atoms with Gasteiger partial charge in [-0.05, 0) is 36.3 Å². The maximum atomic E-state index is 11.9. The van der Waals surface area contributed by atoms with Gasteiger partial charge in [-0.25, -0.2) is 12.7 Å². The van der Waals surface area contributed by atoms with Crippen LogP contribution in [0.25, 0.3) is 0 Å². The molecule has 2 unspecified atom stereocenters. The molecule has 0 heterocycles. The average Bonchev–Trinajstić information content (AvgIpc) is 3.10. The van der Waals surface area contributed by atoms with E-state index in [1.54, 1.807) is 0 Å². The lowest BCUT2D eigenvalue weighted by atomic mass is 9.95. The van der Waals surface area contributed by atoms with E-state index in [9.17, 15) is 13.2 Å². The topological polar surface area (TPSA) is 66.5 Å². The first-order valence-electron chi connectivity index (χ1n) is 8.10. The van der Waals surface area contributed by atoms with Crippen LogP contribution in [0.2, 0.25) is 0 Å². The molecule has 1 N–H and O–H groups in total. The highest BCUT2D eigenvalue weighted by atomic mass is 32.2. The minimum absolute atomic E-state index is 0.0246. The van der Waals surface area contributed by atoms with Crippen LogP contribution in [0.5, 0.6) is 0 Å². The van der Waals surface area contributed by atoms with E-state index in [0.717, 1.165) is 17.1 Å². The molecular weight excluding hydrogens is 312 g/mol. The summed E-state index contributed by atoms with van der Waals surface area (Å²) in [5.41, 5.74) is 3.16. The number of carbonyl (C=O) groups is 1. The lowest BCUT2D eigenvalue weighted by Crippen LogP contribution is -2.32. The Balaban J connectivity index is 1.49. The number of sulfonamides is 1. The van der Waals surface area contributed by atoms with Crippen molar-refractivity contribution in [1.29, 1.82) is 0 Å². The Kier molecular flexibility index (Phi) is 4.23. The molecule has 2 atom stereocenters. The predicted octanol–water partition coefficient (Wildman–Crippen LogP) is 1.29. The maximum Gasteiger partial charge on any atom is 0.221 e. The summed E-state index contributed by atoms with van der Waals surface area (Å²) in [6.07, 6.45) is 3.45. The highest BCUT2D eigenvalue weighted by molar-refractivity contribution is 7.89. The first-order chi connectivity index (χ1) is 10.8. The van der Waals surface area contributed by atoms with E-state index in [4.69, 9.17) is 0 Å². The molecule has 0 bridgehead atoms. The van der Waals surface area contributed by atoms with Gasteiger partial charge in [0.05, 0.1) is 5.75 Å². The summed E-state index contributed by atoms with van der Waals surface area (Å²) in [4.78, 5) is 11.9. The Morgan fingerprint density at radius 1 is 1.35 bits per heavy atom. The fourth-order valence-corrected chi connectivity index (χ4v) is 4.54.